The Balaban J connectivity index is 1.92. The number of carbonyl (C=O) groups is 4. The second-order valence-electron chi connectivity index (χ2n) is 7.95. The second-order valence-corrected chi connectivity index (χ2v) is 11.9. The third-order valence-electron chi connectivity index (χ3n) is 5.70. The minimum absolute atomic E-state index is 0.00953. The molecule has 0 N–H and O–H groups in total. The molecule has 0 unspecified atom stereocenters. The summed E-state index contributed by atoms with van der Waals surface area (Å²) in [6.45, 7) is 0. The first-order chi connectivity index (χ1) is 18.0. The van der Waals surface area contributed by atoms with Crippen LogP contribution in [0.5, 0.6) is 0 Å². The van der Waals surface area contributed by atoms with E-state index in [-0.39, 0.29) is 43.5 Å². The summed E-state index contributed by atoms with van der Waals surface area (Å²) in [5.41, 5.74) is 0.118. The van der Waals surface area contributed by atoms with E-state index in [9.17, 15) is 23.6 Å². The van der Waals surface area contributed by atoms with Crippen molar-refractivity contribution < 1.29 is 23.6 Å². The molecule has 0 spiro atoms. The highest BCUT2D eigenvalue weighted by Crippen LogP contribution is 2.46. The lowest BCUT2D eigenvalue weighted by Gasteiger charge is -2.36. The Bertz CT molecular complexity index is 1440. The van der Waals surface area contributed by atoms with Gasteiger partial charge in [-0.05, 0) is 119 Å². The van der Waals surface area contributed by atoms with Gasteiger partial charge in [-0.2, -0.15) is 5.01 Å². The quantitative estimate of drug-likeness (QED) is 0.0796. The van der Waals surface area contributed by atoms with Gasteiger partial charge in [-0.15, -0.1) is 11.6 Å². The summed E-state index contributed by atoms with van der Waals surface area (Å²) >= 11 is 25.5. The molecule has 13 heteroatoms. The van der Waals surface area contributed by atoms with E-state index in [0.29, 0.717) is 19.0 Å². The van der Waals surface area contributed by atoms with Gasteiger partial charge in [-0.3, -0.25) is 19.2 Å². The maximum absolute atomic E-state index is 13.9. The van der Waals surface area contributed by atoms with Gasteiger partial charge in [-0.1, -0.05) is 11.6 Å². The predicted octanol–water partition coefficient (Wildman–Crippen LogP) is 8.06. The highest BCUT2D eigenvalue weighted by Gasteiger charge is 2.48. The number of imide groups is 1. The highest BCUT2D eigenvalue weighted by atomic mass is 79.9. The van der Waals surface area contributed by atoms with Crippen LogP contribution in [0.15, 0.2) is 66.4 Å². The Morgan fingerprint density at radius 3 is 1.76 bits per heavy atom. The van der Waals surface area contributed by atoms with E-state index in [1.54, 1.807) is 0 Å². The molecule has 3 amide bonds. The molecule has 0 saturated carbocycles. The van der Waals surface area contributed by atoms with Crippen molar-refractivity contribution >= 4 is 110 Å². The normalized spacial score (nSPS) is 13.5. The molecule has 1 aliphatic rings. The van der Waals surface area contributed by atoms with Gasteiger partial charge in [0.15, 0.2) is 5.78 Å². The van der Waals surface area contributed by atoms with Crippen LogP contribution in [0, 0.1) is 5.82 Å². The third kappa shape index (κ3) is 5.25. The smallest absolute Gasteiger partial charge is 0.282 e. The topological polar surface area (TPSA) is 74.8 Å². The molecule has 0 radical (unpaired) electrons. The van der Waals surface area contributed by atoms with Crippen LogP contribution in [0.2, 0.25) is 5.02 Å². The molecule has 3 aromatic carbocycles. The van der Waals surface area contributed by atoms with Gasteiger partial charge in [0.2, 0.25) is 0 Å². The molecule has 196 valence electrons. The Kier molecular flexibility index (Phi) is 9.16. The Morgan fingerprint density at radius 1 is 0.816 bits per heavy atom. The van der Waals surface area contributed by atoms with Crippen molar-refractivity contribution in [2.45, 2.75) is 12.5 Å². The molecule has 6 nitrogen and oxygen atoms in total. The number of hydrogen-bond acceptors (Lipinski definition) is 4. The lowest BCUT2D eigenvalue weighted by atomic mass is 10.0. The number of amides is 3. The van der Waals surface area contributed by atoms with Crippen LogP contribution in [0.4, 0.5) is 4.39 Å². The average Bonchev–Trinajstić information content (AvgIpc) is 3.16. The van der Waals surface area contributed by atoms with Gasteiger partial charge >= 0.3 is 0 Å². The molecule has 0 bridgehead atoms. The molecule has 0 saturated heterocycles. The standard InChI is InChI=1S/C25H13Br4Cl2FN2O4/c26-18-16-17(19(27)21(29)20(18)28)25(38)34(24(16)37)33(23(36)12-1-5-13(31)6-2-12)15(9-10-30)22(35)11-3-7-14(32)8-4-11/h1-8,15H,9-10H2/t15-/m1/s1. The van der Waals surface area contributed by atoms with E-state index >= 15 is 0 Å². The predicted molar refractivity (Wildman–Crippen MR) is 155 cm³/mol. The van der Waals surface area contributed by atoms with Crippen molar-refractivity contribution in [1.29, 1.82) is 0 Å². The zero-order valence-electron chi connectivity index (χ0n) is 18.8. The maximum Gasteiger partial charge on any atom is 0.282 e. The van der Waals surface area contributed by atoms with E-state index in [1.165, 1.54) is 36.4 Å². The summed E-state index contributed by atoms with van der Waals surface area (Å²) in [5, 5.41) is 1.83. The van der Waals surface area contributed by atoms with Gasteiger partial charge < -0.3 is 0 Å². The maximum atomic E-state index is 13.9. The monoisotopic (exact) mass is 810 g/mol. The minimum Gasteiger partial charge on any atom is -0.292 e. The van der Waals surface area contributed by atoms with Crippen LogP contribution >= 0.6 is 86.9 Å². The van der Waals surface area contributed by atoms with Crippen LogP contribution in [-0.4, -0.2) is 45.4 Å². The first kappa shape index (κ1) is 29.4. The summed E-state index contributed by atoms with van der Waals surface area (Å²) in [5.74, 6) is -3.76. The van der Waals surface area contributed by atoms with Gasteiger partial charge in [-0.25, -0.2) is 9.40 Å². The SMILES string of the molecule is O=C(c1ccc(F)cc1)[C@@H](CCCl)N(C(=O)c1ccc(Cl)cc1)N1C(=O)c2c(Br)c(Br)c(Br)c(Br)c2C1=O. The molecule has 1 atom stereocenters. The van der Waals surface area contributed by atoms with Crippen molar-refractivity contribution in [2.24, 2.45) is 0 Å². The first-order valence-corrected chi connectivity index (χ1v) is 14.8. The number of hydrogen-bond donors (Lipinski definition) is 0. The summed E-state index contributed by atoms with van der Waals surface area (Å²) in [6.07, 6.45) is -0.111. The zero-order valence-corrected chi connectivity index (χ0v) is 26.6. The molecule has 38 heavy (non-hydrogen) atoms. The zero-order chi connectivity index (χ0) is 27.9. The van der Waals surface area contributed by atoms with Crippen LogP contribution in [0.1, 0.15) is 47.9 Å². The number of nitrogens with zero attached hydrogens (tertiary/aromatic N) is 2. The van der Waals surface area contributed by atoms with Gasteiger partial charge in [0.1, 0.15) is 11.9 Å². The summed E-state index contributed by atoms with van der Waals surface area (Å²) < 4.78 is 15.0. The Hall–Kier alpha value is -1.63. The Morgan fingerprint density at radius 2 is 1.29 bits per heavy atom. The largest absolute Gasteiger partial charge is 0.292 e. The highest BCUT2D eigenvalue weighted by molar-refractivity contribution is 9.15. The second kappa shape index (κ2) is 11.9. The van der Waals surface area contributed by atoms with E-state index in [2.05, 4.69) is 63.7 Å². The van der Waals surface area contributed by atoms with Crippen molar-refractivity contribution in [2.75, 3.05) is 5.88 Å². The molecule has 0 aromatic heterocycles. The lowest BCUT2D eigenvalue weighted by molar-refractivity contribution is -0.00965. The summed E-state index contributed by atoms with van der Waals surface area (Å²) in [4.78, 5) is 55.2. The number of fused-ring (bicyclic) bond motifs is 1. The first-order valence-electron chi connectivity index (χ1n) is 10.7. The molecular weight excluding hydrogens is 802 g/mol. The molecule has 0 aliphatic carbocycles. The fourth-order valence-electron chi connectivity index (χ4n) is 3.90. The van der Waals surface area contributed by atoms with Gasteiger partial charge in [0.05, 0.1) is 11.1 Å². The van der Waals surface area contributed by atoms with Crippen LogP contribution < -0.4 is 0 Å². The number of ketones is 1. The molecule has 1 heterocycles. The number of Topliss-reactive ketones (excluding diaryl/α,β-unsaturated/α-hetero) is 1. The fourth-order valence-corrected chi connectivity index (χ4v) is 6.69. The average molecular weight is 815 g/mol. The molecular formula is C25H13Br4Cl2FN2O4. The van der Waals surface area contributed by atoms with E-state index < -0.39 is 35.4 Å². The molecule has 3 aromatic rings. The summed E-state index contributed by atoms with van der Waals surface area (Å²) in [7, 11) is 0. The number of halogens is 7. The Labute approximate surface area is 259 Å². The molecule has 1 aliphatic heterocycles. The number of benzene rings is 3. The summed E-state index contributed by atoms with van der Waals surface area (Å²) in [6, 6.07) is 9.09. The van der Waals surface area contributed by atoms with E-state index in [1.807, 2.05) is 0 Å². The molecule has 4 rings (SSSR count). The van der Waals surface area contributed by atoms with Crippen molar-refractivity contribution in [3.63, 3.8) is 0 Å². The minimum atomic E-state index is -1.38. The van der Waals surface area contributed by atoms with Gasteiger partial charge in [0.25, 0.3) is 17.7 Å². The van der Waals surface area contributed by atoms with E-state index in [0.717, 1.165) is 17.1 Å². The number of rotatable bonds is 7. The number of carbonyl (C=O) groups excluding carboxylic acids is 4. The van der Waals surface area contributed by atoms with Crippen LogP contribution in [0.25, 0.3) is 0 Å². The van der Waals surface area contributed by atoms with Crippen molar-refractivity contribution in [3.8, 4) is 0 Å². The van der Waals surface area contributed by atoms with Crippen LogP contribution in [-0.2, 0) is 0 Å². The van der Waals surface area contributed by atoms with Crippen LogP contribution in [0.3, 0.4) is 0 Å². The fraction of sp³-hybridized carbons (Fsp3) is 0.120. The van der Waals surface area contributed by atoms with Gasteiger partial charge in [0, 0.05) is 39.9 Å². The number of alkyl halides is 1. The number of hydrazine groups is 1. The third-order valence-corrected chi connectivity index (χ3v) is 10.9. The lowest BCUT2D eigenvalue weighted by Crippen LogP contribution is -2.57. The molecule has 0 fully saturated rings. The van der Waals surface area contributed by atoms with Crippen molar-refractivity contribution in [1.82, 2.24) is 10.0 Å². The van der Waals surface area contributed by atoms with E-state index in [4.69, 9.17) is 23.2 Å². The van der Waals surface area contributed by atoms with Crippen molar-refractivity contribution in [3.05, 3.63) is 99.5 Å².